The van der Waals surface area contributed by atoms with E-state index in [1.807, 2.05) is 5.38 Å². The fourth-order valence-electron chi connectivity index (χ4n) is 1.61. The second-order valence-electron chi connectivity index (χ2n) is 4.45. The summed E-state index contributed by atoms with van der Waals surface area (Å²) in [5.41, 5.74) is 0.783. The number of hydrogen-bond acceptors (Lipinski definition) is 5. The van der Waals surface area contributed by atoms with Crippen molar-refractivity contribution in [3.8, 4) is 0 Å². The lowest BCUT2D eigenvalue weighted by molar-refractivity contribution is -0.143. The van der Waals surface area contributed by atoms with E-state index in [9.17, 15) is 18.0 Å². The highest BCUT2D eigenvalue weighted by Gasteiger charge is 2.25. The SMILES string of the molecule is CCOC(=O)CCc1csc(NCCCCC(F)(F)F)n1. The van der Waals surface area contributed by atoms with Crippen LogP contribution in [-0.4, -0.2) is 30.3 Å². The molecule has 0 aliphatic carbocycles. The molecule has 0 unspecified atom stereocenters. The summed E-state index contributed by atoms with van der Waals surface area (Å²) < 4.78 is 40.7. The maximum absolute atomic E-state index is 11.9. The number of aromatic nitrogens is 1. The van der Waals surface area contributed by atoms with Crippen LogP contribution in [0.2, 0.25) is 0 Å². The van der Waals surface area contributed by atoms with Crippen LogP contribution >= 0.6 is 11.3 Å². The van der Waals surface area contributed by atoms with E-state index in [-0.39, 0.29) is 18.8 Å². The van der Waals surface area contributed by atoms with Gasteiger partial charge in [-0.3, -0.25) is 4.79 Å². The highest BCUT2D eigenvalue weighted by atomic mass is 32.1. The Kier molecular flexibility index (Phi) is 7.49. The van der Waals surface area contributed by atoms with Crippen LogP contribution in [-0.2, 0) is 16.0 Å². The van der Waals surface area contributed by atoms with Crippen LogP contribution in [0, 0.1) is 0 Å². The zero-order valence-corrected chi connectivity index (χ0v) is 12.6. The number of nitrogens with zero attached hydrogens (tertiary/aromatic N) is 1. The van der Waals surface area contributed by atoms with E-state index in [4.69, 9.17) is 4.74 Å². The number of alkyl halides is 3. The van der Waals surface area contributed by atoms with Gasteiger partial charge in [0.05, 0.1) is 18.7 Å². The van der Waals surface area contributed by atoms with Crippen LogP contribution in [0.3, 0.4) is 0 Å². The summed E-state index contributed by atoms with van der Waals surface area (Å²) in [6.45, 7) is 2.57. The van der Waals surface area contributed by atoms with Gasteiger partial charge < -0.3 is 10.1 Å². The number of thiazole rings is 1. The molecule has 0 amide bonds. The second-order valence-corrected chi connectivity index (χ2v) is 5.31. The fourth-order valence-corrected chi connectivity index (χ4v) is 2.39. The largest absolute Gasteiger partial charge is 0.466 e. The Morgan fingerprint density at radius 3 is 2.86 bits per heavy atom. The third-order valence-corrected chi connectivity index (χ3v) is 3.45. The Morgan fingerprint density at radius 2 is 2.19 bits per heavy atom. The number of unbranched alkanes of at least 4 members (excludes halogenated alkanes) is 1. The van der Waals surface area contributed by atoms with Crippen molar-refractivity contribution in [1.82, 2.24) is 4.98 Å². The van der Waals surface area contributed by atoms with Crippen molar-refractivity contribution >= 4 is 22.4 Å². The molecule has 1 aromatic heterocycles. The van der Waals surface area contributed by atoms with Gasteiger partial charge in [0.2, 0.25) is 0 Å². The summed E-state index contributed by atoms with van der Waals surface area (Å²) in [6, 6.07) is 0. The van der Waals surface area contributed by atoms with Crippen LogP contribution in [0.5, 0.6) is 0 Å². The standard InChI is InChI=1S/C13H19F3N2O2S/c1-2-20-11(19)6-5-10-9-21-12(18-10)17-8-4-3-7-13(14,15)16/h9H,2-8H2,1H3,(H,17,18). The molecule has 120 valence electrons. The molecule has 0 spiro atoms. The van der Waals surface area contributed by atoms with Crippen molar-refractivity contribution in [1.29, 1.82) is 0 Å². The molecule has 1 aromatic rings. The number of ether oxygens (including phenoxy) is 1. The molecule has 0 aliphatic heterocycles. The number of carbonyl (C=O) groups excluding carboxylic acids is 1. The zero-order chi connectivity index (χ0) is 15.7. The molecule has 0 fully saturated rings. The average Bonchev–Trinajstić information content (AvgIpc) is 2.83. The Balaban J connectivity index is 2.18. The normalized spacial score (nSPS) is 11.4. The molecule has 0 saturated heterocycles. The molecule has 0 aliphatic rings. The predicted octanol–water partition coefficient (Wildman–Crippen LogP) is 3.78. The fraction of sp³-hybridized carbons (Fsp3) is 0.692. The van der Waals surface area contributed by atoms with E-state index in [1.165, 1.54) is 11.3 Å². The number of hydrogen-bond donors (Lipinski definition) is 1. The van der Waals surface area contributed by atoms with Gasteiger partial charge in [-0.15, -0.1) is 11.3 Å². The molecule has 4 nitrogen and oxygen atoms in total. The van der Waals surface area contributed by atoms with Crippen molar-refractivity contribution in [3.63, 3.8) is 0 Å². The van der Waals surface area contributed by atoms with Gasteiger partial charge in [0.15, 0.2) is 5.13 Å². The van der Waals surface area contributed by atoms with E-state index < -0.39 is 12.6 Å². The minimum absolute atomic E-state index is 0.109. The zero-order valence-electron chi connectivity index (χ0n) is 11.8. The summed E-state index contributed by atoms with van der Waals surface area (Å²) in [5, 5.41) is 5.49. The molecule has 0 radical (unpaired) electrons. The Labute approximate surface area is 125 Å². The highest BCUT2D eigenvalue weighted by Crippen LogP contribution is 2.22. The molecule has 0 aromatic carbocycles. The second kappa shape index (κ2) is 8.86. The quantitative estimate of drug-likeness (QED) is 0.555. The number of halogens is 3. The molecule has 8 heteroatoms. The first-order valence-corrected chi connectivity index (χ1v) is 7.69. The number of esters is 1. The monoisotopic (exact) mass is 324 g/mol. The van der Waals surface area contributed by atoms with Crippen LogP contribution in [0.15, 0.2) is 5.38 Å². The third-order valence-electron chi connectivity index (χ3n) is 2.61. The maximum atomic E-state index is 11.9. The van der Waals surface area contributed by atoms with Gasteiger partial charge in [-0.05, 0) is 19.8 Å². The molecule has 0 saturated carbocycles. The molecule has 21 heavy (non-hydrogen) atoms. The van der Waals surface area contributed by atoms with Crippen molar-refractivity contribution in [2.45, 2.75) is 45.2 Å². The minimum atomic E-state index is -4.08. The Morgan fingerprint density at radius 1 is 1.43 bits per heavy atom. The number of rotatable bonds is 9. The number of carbonyl (C=O) groups is 1. The van der Waals surface area contributed by atoms with Crippen molar-refractivity contribution in [2.24, 2.45) is 0 Å². The topological polar surface area (TPSA) is 51.2 Å². The highest BCUT2D eigenvalue weighted by molar-refractivity contribution is 7.13. The van der Waals surface area contributed by atoms with Gasteiger partial charge in [0, 0.05) is 24.8 Å². The summed E-state index contributed by atoms with van der Waals surface area (Å²) in [6.07, 6.45) is -3.50. The van der Waals surface area contributed by atoms with E-state index in [1.54, 1.807) is 6.92 Å². The lowest BCUT2D eigenvalue weighted by Crippen LogP contribution is -2.08. The van der Waals surface area contributed by atoms with E-state index in [2.05, 4.69) is 10.3 Å². The lowest BCUT2D eigenvalue weighted by atomic mass is 10.2. The van der Waals surface area contributed by atoms with Gasteiger partial charge in [-0.1, -0.05) is 0 Å². The molecule has 1 heterocycles. The van der Waals surface area contributed by atoms with Gasteiger partial charge in [-0.25, -0.2) is 4.98 Å². The Hall–Kier alpha value is -1.31. The smallest absolute Gasteiger partial charge is 0.389 e. The number of anilines is 1. The van der Waals surface area contributed by atoms with Crippen molar-refractivity contribution < 1.29 is 22.7 Å². The molecular weight excluding hydrogens is 305 g/mol. The molecule has 0 bridgehead atoms. The predicted molar refractivity (Wildman–Crippen MR) is 75.5 cm³/mol. The molecule has 0 atom stereocenters. The van der Waals surface area contributed by atoms with Gasteiger partial charge >= 0.3 is 12.1 Å². The van der Waals surface area contributed by atoms with E-state index in [0.29, 0.717) is 31.1 Å². The van der Waals surface area contributed by atoms with Crippen molar-refractivity contribution in [3.05, 3.63) is 11.1 Å². The molecular formula is C13H19F3N2O2S. The van der Waals surface area contributed by atoms with Crippen LogP contribution < -0.4 is 5.32 Å². The molecule has 1 N–H and O–H groups in total. The minimum Gasteiger partial charge on any atom is -0.466 e. The molecule has 1 rings (SSSR count). The maximum Gasteiger partial charge on any atom is 0.389 e. The average molecular weight is 324 g/mol. The first kappa shape index (κ1) is 17.7. The van der Waals surface area contributed by atoms with Crippen LogP contribution in [0.4, 0.5) is 18.3 Å². The summed E-state index contributed by atoms with van der Waals surface area (Å²) in [7, 11) is 0. The van der Waals surface area contributed by atoms with E-state index in [0.717, 1.165) is 5.69 Å². The Bertz CT molecular complexity index is 435. The van der Waals surface area contributed by atoms with Crippen molar-refractivity contribution in [2.75, 3.05) is 18.5 Å². The van der Waals surface area contributed by atoms with Crippen LogP contribution in [0.1, 0.15) is 38.3 Å². The van der Waals surface area contributed by atoms with Gasteiger partial charge in [-0.2, -0.15) is 13.2 Å². The van der Waals surface area contributed by atoms with Crippen LogP contribution in [0.25, 0.3) is 0 Å². The number of nitrogens with one attached hydrogen (secondary N) is 1. The van der Waals surface area contributed by atoms with E-state index >= 15 is 0 Å². The van der Waals surface area contributed by atoms with Gasteiger partial charge in [0.25, 0.3) is 0 Å². The number of aryl methyl sites for hydroxylation is 1. The lowest BCUT2D eigenvalue weighted by Gasteiger charge is -2.06. The first-order chi connectivity index (χ1) is 9.90. The summed E-state index contributed by atoms with van der Waals surface area (Å²) >= 11 is 1.38. The third kappa shape index (κ3) is 8.54. The summed E-state index contributed by atoms with van der Waals surface area (Å²) in [5.74, 6) is -0.257. The van der Waals surface area contributed by atoms with Gasteiger partial charge in [0.1, 0.15) is 0 Å². The summed E-state index contributed by atoms with van der Waals surface area (Å²) in [4.78, 5) is 15.5. The first-order valence-electron chi connectivity index (χ1n) is 6.81.